The van der Waals surface area contributed by atoms with Crippen molar-refractivity contribution in [2.24, 2.45) is 5.73 Å². The number of hydrogen-bond donors (Lipinski definition) is 1. The van der Waals surface area contributed by atoms with Crippen molar-refractivity contribution >= 4 is 11.8 Å². The molecule has 0 bridgehead atoms. The molecule has 3 heteroatoms. The van der Waals surface area contributed by atoms with E-state index in [-0.39, 0.29) is 11.9 Å². The molecule has 0 radical (unpaired) electrons. The van der Waals surface area contributed by atoms with Crippen LogP contribution in [0.1, 0.15) is 29.7 Å². The quantitative estimate of drug-likeness (QED) is 0.885. The molecule has 0 aliphatic rings. The number of aryl methyl sites for hydroxylation is 2. The summed E-state index contributed by atoms with van der Waals surface area (Å²) in [5, 5.41) is 0. The molecule has 2 aromatic rings. The van der Waals surface area contributed by atoms with Crippen LogP contribution in [0.4, 0.5) is 4.39 Å². The summed E-state index contributed by atoms with van der Waals surface area (Å²) in [6.07, 6.45) is 0. The molecule has 0 heterocycles. The van der Waals surface area contributed by atoms with Crippen LogP contribution in [-0.4, -0.2) is 0 Å². The van der Waals surface area contributed by atoms with Gasteiger partial charge in [0.25, 0.3) is 0 Å². The van der Waals surface area contributed by atoms with Gasteiger partial charge in [0.1, 0.15) is 5.82 Å². The molecule has 2 aromatic carbocycles. The predicted octanol–water partition coefficient (Wildman–Crippen LogP) is 4.61. The topological polar surface area (TPSA) is 26.0 Å². The van der Waals surface area contributed by atoms with Crippen LogP contribution >= 0.6 is 11.8 Å². The maximum atomic E-state index is 13.7. The lowest BCUT2D eigenvalue weighted by molar-refractivity contribution is 0.610. The Morgan fingerprint density at radius 3 is 2.37 bits per heavy atom. The van der Waals surface area contributed by atoms with Crippen LogP contribution in [0.2, 0.25) is 0 Å². The van der Waals surface area contributed by atoms with Crippen molar-refractivity contribution in [3.8, 4) is 0 Å². The molecule has 0 aliphatic heterocycles. The summed E-state index contributed by atoms with van der Waals surface area (Å²) in [5.41, 5.74) is 8.67. The monoisotopic (exact) mass is 275 g/mol. The van der Waals surface area contributed by atoms with E-state index in [1.165, 1.54) is 10.5 Å². The first-order chi connectivity index (χ1) is 8.99. The van der Waals surface area contributed by atoms with Gasteiger partial charge in [-0.05, 0) is 55.7 Å². The first-order valence-corrected chi connectivity index (χ1v) is 7.10. The van der Waals surface area contributed by atoms with Crippen LogP contribution in [0.25, 0.3) is 0 Å². The summed E-state index contributed by atoms with van der Waals surface area (Å²) in [6.45, 7) is 5.73. The van der Waals surface area contributed by atoms with E-state index >= 15 is 0 Å². The number of nitrogens with two attached hydrogens (primary N) is 1. The molecule has 0 amide bonds. The van der Waals surface area contributed by atoms with Gasteiger partial charge < -0.3 is 5.73 Å². The fraction of sp³-hybridized carbons (Fsp3) is 0.250. The smallest absolute Gasteiger partial charge is 0.126 e. The average Bonchev–Trinajstić information content (AvgIpc) is 2.36. The molecule has 1 atom stereocenters. The van der Waals surface area contributed by atoms with Crippen molar-refractivity contribution in [2.75, 3.05) is 0 Å². The van der Waals surface area contributed by atoms with E-state index in [0.29, 0.717) is 5.56 Å². The molecule has 19 heavy (non-hydrogen) atoms. The van der Waals surface area contributed by atoms with Gasteiger partial charge >= 0.3 is 0 Å². The lowest BCUT2D eigenvalue weighted by Gasteiger charge is -2.15. The highest BCUT2D eigenvalue weighted by Gasteiger charge is 2.12. The van der Waals surface area contributed by atoms with Crippen molar-refractivity contribution in [3.05, 3.63) is 58.9 Å². The fourth-order valence-corrected chi connectivity index (χ4v) is 3.11. The van der Waals surface area contributed by atoms with Crippen LogP contribution < -0.4 is 5.73 Å². The summed E-state index contributed by atoms with van der Waals surface area (Å²) < 4.78 is 13.7. The van der Waals surface area contributed by atoms with Gasteiger partial charge in [-0.1, -0.05) is 30.0 Å². The number of benzene rings is 2. The summed E-state index contributed by atoms with van der Waals surface area (Å²) in [4.78, 5) is 2.21. The molecule has 1 nitrogen and oxygen atoms in total. The van der Waals surface area contributed by atoms with E-state index in [1.807, 2.05) is 25.1 Å². The van der Waals surface area contributed by atoms with Crippen LogP contribution in [0.15, 0.2) is 46.2 Å². The van der Waals surface area contributed by atoms with E-state index in [9.17, 15) is 4.39 Å². The number of rotatable bonds is 3. The molecule has 1 unspecified atom stereocenters. The largest absolute Gasteiger partial charge is 0.324 e. The van der Waals surface area contributed by atoms with E-state index in [2.05, 4.69) is 19.1 Å². The molecule has 0 fully saturated rings. The van der Waals surface area contributed by atoms with E-state index in [1.54, 1.807) is 24.8 Å². The fourth-order valence-electron chi connectivity index (χ4n) is 1.90. The minimum atomic E-state index is -0.193. The van der Waals surface area contributed by atoms with Gasteiger partial charge in [-0.25, -0.2) is 4.39 Å². The summed E-state index contributed by atoms with van der Waals surface area (Å²) in [6, 6.07) is 11.4. The highest BCUT2D eigenvalue weighted by Crippen LogP contribution is 2.35. The Hall–Kier alpha value is -1.32. The van der Waals surface area contributed by atoms with Crippen molar-refractivity contribution in [1.29, 1.82) is 0 Å². The third-order valence-corrected chi connectivity index (χ3v) is 4.35. The Morgan fingerprint density at radius 1 is 1.05 bits per heavy atom. The minimum Gasteiger partial charge on any atom is -0.324 e. The van der Waals surface area contributed by atoms with Crippen LogP contribution in [0.3, 0.4) is 0 Å². The summed E-state index contributed by atoms with van der Waals surface area (Å²) >= 11 is 1.65. The molecule has 0 saturated heterocycles. The average molecular weight is 275 g/mol. The standard InChI is InChI=1S/C16H18FNS/c1-10-6-4-5-7-15(10)19-16-8-11(2)14(17)9-13(16)12(3)18/h4-9,12H,18H2,1-3H3. The highest BCUT2D eigenvalue weighted by atomic mass is 32.2. The summed E-state index contributed by atoms with van der Waals surface area (Å²) in [5.74, 6) is -0.193. The van der Waals surface area contributed by atoms with Gasteiger partial charge in [-0.15, -0.1) is 0 Å². The molecule has 2 rings (SSSR count). The SMILES string of the molecule is Cc1cc(Sc2ccccc2C)c(C(C)N)cc1F. The molecule has 0 saturated carbocycles. The molecular formula is C16H18FNS. The van der Waals surface area contributed by atoms with Gasteiger partial charge in [0.05, 0.1) is 0 Å². The second kappa shape index (κ2) is 5.76. The Morgan fingerprint density at radius 2 is 1.74 bits per heavy atom. The molecule has 2 N–H and O–H groups in total. The molecule has 0 aromatic heterocycles. The zero-order valence-electron chi connectivity index (χ0n) is 11.4. The Kier molecular flexibility index (Phi) is 4.27. The molecule has 0 spiro atoms. The van der Waals surface area contributed by atoms with Crippen LogP contribution in [0, 0.1) is 19.7 Å². The lowest BCUT2D eigenvalue weighted by Crippen LogP contribution is -2.07. The maximum Gasteiger partial charge on any atom is 0.126 e. The Labute approximate surface area is 118 Å². The molecule has 0 aliphatic carbocycles. The van der Waals surface area contributed by atoms with E-state index in [0.717, 1.165) is 10.5 Å². The van der Waals surface area contributed by atoms with Crippen molar-refractivity contribution < 1.29 is 4.39 Å². The second-order valence-corrected chi connectivity index (χ2v) is 5.88. The van der Waals surface area contributed by atoms with Crippen molar-refractivity contribution in [3.63, 3.8) is 0 Å². The molecular weight excluding hydrogens is 257 g/mol. The normalized spacial score (nSPS) is 12.5. The lowest BCUT2D eigenvalue weighted by atomic mass is 10.1. The predicted molar refractivity (Wildman–Crippen MR) is 79.0 cm³/mol. The first-order valence-electron chi connectivity index (χ1n) is 6.28. The second-order valence-electron chi connectivity index (χ2n) is 4.80. The zero-order chi connectivity index (χ0) is 14.0. The minimum absolute atomic E-state index is 0.179. The van der Waals surface area contributed by atoms with Gasteiger partial charge in [0, 0.05) is 15.8 Å². The van der Waals surface area contributed by atoms with E-state index < -0.39 is 0 Å². The summed E-state index contributed by atoms with van der Waals surface area (Å²) in [7, 11) is 0. The van der Waals surface area contributed by atoms with E-state index in [4.69, 9.17) is 5.73 Å². The Balaban J connectivity index is 2.45. The Bertz CT molecular complexity index is 593. The first kappa shape index (κ1) is 14.1. The third-order valence-electron chi connectivity index (χ3n) is 3.10. The van der Waals surface area contributed by atoms with Crippen LogP contribution in [-0.2, 0) is 0 Å². The van der Waals surface area contributed by atoms with Gasteiger partial charge in [-0.2, -0.15) is 0 Å². The molecule has 100 valence electrons. The highest BCUT2D eigenvalue weighted by molar-refractivity contribution is 7.99. The van der Waals surface area contributed by atoms with Crippen LogP contribution in [0.5, 0.6) is 0 Å². The van der Waals surface area contributed by atoms with Crippen molar-refractivity contribution in [1.82, 2.24) is 0 Å². The van der Waals surface area contributed by atoms with Gasteiger partial charge in [-0.3, -0.25) is 0 Å². The third kappa shape index (κ3) is 3.17. The van der Waals surface area contributed by atoms with Crippen molar-refractivity contribution in [2.45, 2.75) is 36.6 Å². The number of hydrogen-bond acceptors (Lipinski definition) is 2. The number of halogens is 1. The van der Waals surface area contributed by atoms with Gasteiger partial charge in [0.2, 0.25) is 0 Å². The maximum absolute atomic E-state index is 13.7. The van der Waals surface area contributed by atoms with Gasteiger partial charge in [0.15, 0.2) is 0 Å². The zero-order valence-corrected chi connectivity index (χ0v) is 12.2.